The Bertz CT molecular complexity index is 653. The van der Waals surface area contributed by atoms with Crippen LogP contribution in [-0.4, -0.2) is 26.6 Å². The minimum atomic E-state index is -1.79. The van der Waals surface area contributed by atoms with E-state index in [9.17, 15) is 0 Å². The minimum Gasteiger partial charge on any atom is -0.407 e. The highest BCUT2D eigenvalue weighted by atomic mass is 28.4. The SMILES string of the molecule is CC1(C)OB(c2ccc(C3(O[Si](C)(C)C(C)(C)C)CC3)cc2)OC1(C)C. The van der Waals surface area contributed by atoms with Crippen molar-refractivity contribution < 1.29 is 13.7 Å². The van der Waals surface area contributed by atoms with Crippen molar-refractivity contribution in [3.63, 3.8) is 0 Å². The molecule has 2 fully saturated rings. The van der Waals surface area contributed by atoms with E-state index >= 15 is 0 Å². The number of hydrogen-bond acceptors (Lipinski definition) is 3. The Morgan fingerprint density at radius 3 is 1.77 bits per heavy atom. The molecule has 1 aromatic rings. The molecule has 2 aliphatic rings. The van der Waals surface area contributed by atoms with Crippen LogP contribution < -0.4 is 5.46 Å². The fraction of sp³-hybridized carbons (Fsp3) is 0.714. The first-order valence-corrected chi connectivity index (χ1v) is 12.8. The van der Waals surface area contributed by atoms with Gasteiger partial charge in [-0.3, -0.25) is 0 Å². The summed E-state index contributed by atoms with van der Waals surface area (Å²) in [4.78, 5) is 0. The molecule has 1 aliphatic heterocycles. The largest absolute Gasteiger partial charge is 0.494 e. The Hall–Kier alpha value is -0.618. The molecule has 0 unspecified atom stereocenters. The van der Waals surface area contributed by atoms with E-state index in [2.05, 4.69) is 85.8 Å². The lowest BCUT2D eigenvalue weighted by atomic mass is 9.78. The lowest BCUT2D eigenvalue weighted by Gasteiger charge is -2.39. The lowest BCUT2D eigenvalue weighted by molar-refractivity contribution is 0.00578. The normalized spacial score (nSPS) is 24.0. The second-order valence-electron chi connectivity index (χ2n) is 10.6. The molecule has 1 aromatic carbocycles. The lowest BCUT2D eigenvalue weighted by Crippen LogP contribution is -2.44. The third kappa shape index (κ3) is 3.44. The van der Waals surface area contributed by atoms with Crippen molar-refractivity contribution in [3.8, 4) is 0 Å². The van der Waals surface area contributed by atoms with Crippen LogP contribution in [0.4, 0.5) is 0 Å². The van der Waals surface area contributed by atoms with Crippen LogP contribution in [0.2, 0.25) is 18.1 Å². The zero-order valence-electron chi connectivity index (χ0n) is 18.0. The summed E-state index contributed by atoms with van der Waals surface area (Å²) in [6.07, 6.45) is 2.24. The number of hydrogen-bond donors (Lipinski definition) is 0. The van der Waals surface area contributed by atoms with E-state index < -0.39 is 8.32 Å². The van der Waals surface area contributed by atoms with E-state index in [-0.39, 0.29) is 29.0 Å². The van der Waals surface area contributed by atoms with Crippen molar-refractivity contribution in [1.29, 1.82) is 0 Å². The molecular formula is C21H35BO3Si. The van der Waals surface area contributed by atoms with Crippen LogP contribution >= 0.6 is 0 Å². The zero-order chi connectivity index (χ0) is 19.6. The third-order valence-electron chi connectivity index (χ3n) is 6.92. The van der Waals surface area contributed by atoms with Crippen LogP contribution in [0, 0.1) is 0 Å². The van der Waals surface area contributed by atoms with Gasteiger partial charge in [-0.2, -0.15) is 0 Å². The van der Waals surface area contributed by atoms with Crippen molar-refractivity contribution in [2.24, 2.45) is 0 Å². The van der Waals surface area contributed by atoms with Gasteiger partial charge in [-0.15, -0.1) is 0 Å². The molecule has 1 heterocycles. The van der Waals surface area contributed by atoms with E-state index in [0.29, 0.717) is 0 Å². The van der Waals surface area contributed by atoms with Crippen LogP contribution in [-0.2, 0) is 19.3 Å². The van der Waals surface area contributed by atoms with Gasteiger partial charge < -0.3 is 13.7 Å². The van der Waals surface area contributed by atoms with Gasteiger partial charge in [-0.05, 0) is 69.7 Å². The first-order chi connectivity index (χ1) is 11.7. The molecule has 144 valence electrons. The molecular weight excluding hydrogens is 339 g/mol. The highest BCUT2D eigenvalue weighted by Gasteiger charge is 2.53. The summed E-state index contributed by atoms with van der Waals surface area (Å²) >= 11 is 0. The van der Waals surface area contributed by atoms with Crippen LogP contribution in [0.1, 0.15) is 66.9 Å². The van der Waals surface area contributed by atoms with Gasteiger partial charge in [-0.1, -0.05) is 45.0 Å². The Morgan fingerprint density at radius 2 is 1.38 bits per heavy atom. The average molecular weight is 374 g/mol. The second-order valence-corrected chi connectivity index (χ2v) is 15.3. The summed E-state index contributed by atoms with van der Waals surface area (Å²) in [5, 5.41) is 0.227. The molecule has 5 heteroatoms. The maximum Gasteiger partial charge on any atom is 0.494 e. The molecule has 0 bridgehead atoms. The van der Waals surface area contributed by atoms with Gasteiger partial charge in [0, 0.05) is 0 Å². The standard InChI is InChI=1S/C21H35BO3Si/c1-18(2,3)26(8,9)25-21(14-15-21)16-10-12-17(13-11-16)22-23-19(4,5)20(6,7)24-22/h10-13H,14-15H2,1-9H3. The Kier molecular flexibility index (Phi) is 4.60. The molecule has 1 saturated heterocycles. The second kappa shape index (κ2) is 5.94. The third-order valence-corrected chi connectivity index (χ3v) is 11.4. The smallest absolute Gasteiger partial charge is 0.407 e. The van der Waals surface area contributed by atoms with Crippen molar-refractivity contribution in [1.82, 2.24) is 0 Å². The zero-order valence-corrected chi connectivity index (χ0v) is 19.0. The van der Waals surface area contributed by atoms with Gasteiger partial charge in [0.25, 0.3) is 0 Å². The fourth-order valence-corrected chi connectivity index (χ4v) is 4.73. The topological polar surface area (TPSA) is 27.7 Å². The van der Waals surface area contributed by atoms with Crippen LogP contribution in [0.15, 0.2) is 24.3 Å². The van der Waals surface area contributed by atoms with Gasteiger partial charge in [0.05, 0.1) is 16.8 Å². The summed E-state index contributed by atoms with van der Waals surface area (Å²) in [5.41, 5.74) is 1.69. The summed E-state index contributed by atoms with van der Waals surface area (Å²) in [6, 6.07) is 8.71. The average Bonchev–Trinajstić information content (AvgIpc) is 3.20. The van der Waals surface area contributed by atoms with E-state index in [4.69, 9.17) is 13.7 Å². The van der Waals surface area contributed by atoms with Crippen LogP contribution in [0.5, 0.6) is 0 Å². The highest BCUT2D eigenvalue weighted by molar-refractivity contribution is 6.74. The van der Waals surface area contributed by atoms with E-state index in [0.717, 1.165) is 18.3 Å². The van der Waals surface area contributed by atoms with Crippen molar-refractivity contribution in [2.75, 3.05) is 0 Å². The van der Waals surface area contributed by atoms with Gasteiger partial charge in [0.15, 0.2) is 8.32 Å². The predicted molar refractivity (Wildman–Crippen MR) is 111 cm³/mol. The molecule has 26 heavy (non-hydrogen) atoms. The Morgan fingerprint density at radius 1 is 0.923 bits per heavy atom. The van der Waals surface area contributed by atoms with Crippen LogP contribution in [0.3, 0.4) is 0 Å². The maximum absolute atomic E-state index is 6.79. The molecule has 1 aliphatic carbocycles. The number of benzene rings is 1. The molecule has 3 rings (SSSR count). The first-order valence-electron chi connectivity index (χ1n) is 9.86. The molecule has 3 nitrogen and oxygen atoms in total. The van der Waals surface area contributed by atoms with Crippen molar-refractivity contribution in [3.05, 3.63) is 29.8 Å². The minimum absolute atomic E-state index is 0.0720. The summed E-state index contributed by atoms with van der Waals surface area (Å²) in [5.74, 6) is 0. The Balaban J connectivity index is 1.77. The molecule has 0 atom stereocenters. The monoisotopic (exact) mass is 374 g/mol. The highest BCUT2D eigenvalue weighted by Crippen LogP contribution is 2.54. The van der Waals surface area contributed by atoms with Crippen molar-refractivity contribution >= 4 is 20.9 Å². The van der Waals surface area contributed by atoms with E-state index in [1.54, 1.807) is 0 Å². The van der Waals surface area contributed by atoms with E-state index in [1.807, 2.05) is 0 Å². The molecule has 0 aromatic heterocycles. The summed E-state index contributed by atoms with van der Waals surface area (Å²) < 4.78 is 19.1. The van der Waals surface area contributed by atoms with E-state index in [1.165, 1.54) is 5.56 Å². The summed E-state index contributed by atoms with van der Waals surface area (Å²) in [7, 11) is -2.09. The van der Waals surface area contributed by atoms with Gasteiger partial charge >= 0.3 is 7.12 Å². The van der Waals surface area contributed by atoms with Crippen LogP contribution in [0.25, 0.3) is 0 Å². The number of rotatable bonds is 4. The van der Waals surface area contributed by atoms with Crippen molar-refractivity contribution in [2.45, 2.75) is 96.2 Å². The van der Waals surface area contributed by atoms with Gasteiger partial charge in [0.1, 0.15) is 0 Å². The molecule has 0 N–H and O–H groups in total. The quantitative estimate of drug-likeness (QED) is 0.695. The van der Waals surface area contributed by atoms with Gasteiger partial charge in [-0.25, -0.2) is 0 Å². The molecule has 1 saturated carbocycles. The molecule has 0 spiro atoms. The predicted octanol–water partition coefficient (Wildman–Crippen LogP) is 5.00. The molecule has 0 radical (unpaired) electrons. The van der Waals surface area contributed by atoms with Gasteiger partial charge in [0.2, 0.25) is 0 Å². The maximum atomic E-state index is 6.79. The first kappa shape index (κ1) is 20.1. The molecule has 0 amide bonds. The fourth-order valence-electron chi connectivity index (χ4n) is 3.13. The Labute approximate surface area is 161 Å². The summed E-state index contributed by atoms with van der Waals surface area (Å²) in [6.45, 7) is 19.9.